The molecule has 4 nitrogen and oxygen atoms in total. The first kappa shape index (κ1) is 15.5. The lowest BCUT2D eigenvalue weighted by molar-refractivity contribution is 0.587. The normalized spacial score (nSPS) is 17.7. The first-order valence-corrected chi connectivity index (χ1v) is 10.1. The predicted octanol–water partition coefficient (Wildman–Crippen LogP) is 3.31. The van der Waals surface area contributed by atoms with Crippen LogP contribution in [0, 0.1) is 6.92 Å². The highest BCUT2D eigenvalue weighted by atomic mass is 32.2. The number of aryl methyl sites for hydroxylation is 1. The largest absolute Gasteiger partial charge is 0.365 e. The van der Waals surface area contributed by atoms with Gasteiger partial charge in [0, 0.05) is 12.6 Å². The van der Waals surface area contributed by atoms with Crippen LogP contribution in [0.15, 0.2) is 48.5 Å². The minimum absolute atomic E-state index is 0.0481. The molecule has 0 amide bonds. The van der Waals surface area contributed by atoms with Gasteiger partial charge in [0.1, 0.15) is 0 Å². The van der Waals surface area contributed by atoms with Crippen molar-refractivity contribution in [1.82, 2.24) is 0 Å². The van der Waals surface area contributed by atoms with Gasteiger partial charge in [-0.2, -0.15) is 0 Å². The van der Waals surface area contributed by atoms with E-state index in [1.165, 1.54) is 12.8 Å². The maximum atomic E-state index is 13.0. The van der Waals surface area contributed by atoms with E-state index in [0.717, 1.165) is 29.0 Å². The molecule has 1 aliphatic carbocycles. The average molecular weight is 342 g/mol. The molecule has 5 heteroatoms. The summed E-state index contributed by atoms with van der Waals surface area (Å²) in [4.78, 5) is 2.37. The average Bonchev–Trinajstić information content (AvgIpc) is 3.38. The summed E-state index contributed by atoms with van der Waals surface area (Å²) >= 11 is 0. The number of benzene rings is 2. The molecule has 0 aromatic heterocycles. The number of para-hydroxylation sites is 2. The summed E-state index contributed by atoms with van der Waals surface area (Å²) in [6, 6.07) is 16.2. The topological polar surface area (TPSA) is 40.6 Å². The maximum Gasteiger partial charge on any atom is 0.239 e. The SMILES string of the molecule is Cc1cccc(CS(=O)(=O)N2CCN(C3CC3)c3ccccc32)c1. The highest BCUT2D eigenvalue weighted by Gasteiger charge is 2.36. The summed E-state index contributed by atoms with van der Waals surface area (Å²) in [5.41, 5.74) is 3.81. The van der Waals surface area contributed by atoms with E-state index in [0.29, 0.717) is 12.6 Å². The Morgan fingerprint density at radius 2 is 1.75 bits per heavy atom. The zero-order valence-corrected chi connectivity index (χ0v) is 14.7. The minimum atomic E-state index is -3.39. The van der Waals surface area contributed by atoms with Gasteiger partial charge in [-0.3, -0.25) is 4.31 Å². The molecule has 4 rings (SSSR count). The molecule has 0 spiro atoms. The Labute approximate surface area is 143 Å². The molecule has 24 heavy (non-hydrogen) atoms. The van der Waals surface area contributed by atoms with E-state index in [1.807, 2.05) is 55.5 Å². The maximum absolute atomic E-state index is 13.0. The van der Waals surface area contributed by atoms with Crippen molar-refractivity contribution >= 4 is 21.4 Å². The second-order valence-electron chi connectivity index (χ2n) is 6.73. The summed E-state index contributed by atoms with van der Waals surface area (Å²) in [6.45, 7) is 3.29. The third-order valence-corrected chi connectivity index (χ3v) is 6.51. The van der Waals surface area contributed by atoms with Crippen molar-refractivity contribution in [2.75, 3.05) is 22.3 Å². The zero-order valence-electron chi connectivity index (χ0n) is 13.9. The van der Waals surface area contributed by atoms with Crippen LogP contribution in [0.4, 0.5) is 11.4 Å². The molecule has 1 heterocycles. The van der Waals surface area contributed by atoms with Crippen molar-refractivity contribution in [2.45, 2.75) is 31.6 Å². The Hall–Kier alpha value is -2.01. The molecule has 0 bridgehead atoms. The van der Waals surface area contributed by atoms with Crippen molar-refractivity contribution in [2.24, 2.45) is 0 Å². The number of rotatable bonds is 4. The second-order valence-corrected chi connectivity index (χ2v) is 8.62. The first-order valence-electron chi connectivity index (χ1n) is 8.46. The molecule has 1 saturated carbocycles. The molecule has 126 valence electrons. The fraction of sp³-hybridized carbons (Fsp3) is 0.368. The lowest BCUT2D eigenvalue weighted by atomic mass is 10.2. The number of hydrogen-bond acceptors (Lipinski definition) is 3. The van der Waals surface area contributed by atoms with Crippen LogP contribution in [0.3, 0.4) is 0 Å². The van der Waals surface area contributed by atoms with E-state index in [-0.39, 0.29) is 5.75 Å². The van der Waals surface area contributed by atoms with E-state index in [4.69, 9.17) is 0 Å². The van der Waals surface area contributed by atoms with Crippen molar-refractivity contribution in [1.29, 1.82) is 0 Å². The van der Waals surface area contributed by atoms with Crippen LogP contribution < -0.4 is 9.21 Å². The van der Waals surface area contributed by atoms with Gasteiger partial charge in [0.25, 0.3) is 0 Å². The van der Waals surface area contributed by atoms with Crippen LogP contribution in [0.5, 0.6) is 0 Å². The van der Waals surface area contributed by atoms with Crippen molar-refractivity contribution in [3.8, 4) is 0 Å². The van der Waals surface area contributed by atoms with Crippen LogP contribution in [-0.2, 0) is 15.8 Å². The molecular formula is C19H22N2O2S. The zero-order chi connectivity index (χ0) is 16.7. The van der Waals surface area contributed by atoms with E-state index in [2.05, 4.69) is 4.90 Å². The smallest absolute Gasteiger partial charge is 0.239 e. The number of hydrogen-bond donors (Lipinski definition) is 0. The summed E-state index contributed by atoms with van der Waals surface area (Å²) < 4.78 is 27.7. The summed E-state index contributed by atoms with van der Waals surface area (Å²) in [5.74, 6) is 0.0481. The molecule has 0 atom stereocenters. The highest BCUT2D eigenvalue weighted by molar-refractivity contribution is 7.92. The fourth-order valence-corrected chi connectivity index (χ4v) is 5.07. The van der Waals surface area contributed by atoms with Gasteiger partial charge < -0.3 is 4.90 Å². The van der Waals surface area contributed by atoms with Crippen molar-refractivity contribution in [3.63, 3.8) is 0 Å². The Morgan fingerprint density at radius 1 is 1.00 bits per heavy atom. The van der Waals surface area contributed by atoms with Crippen LogP contribution >= 0.6 is 0 Å². The Bertz CT molecular complexity index is 859. The Balaban J connectivity index is 1.66. The summed E-state index contributed by atoms with van der Waals surface area (Å²) in [6.07, 6.45) is 2.43. The van der Waals surface area contributed by atoms with E-state index in [1.54, 1.807) is 4.31 Å². The van der Waals surface area contributed by atoms with E-state index >= 15 is 0 Å². The third-order valence-electron chi connectivity index (χ3n) is 4.76. The highest BCUT2D eigenvalue weighted by Crippen LogP contribution is 2.41. The van der Waals surface area contributed by atoms with Crippen LogP contribution in [0.25, 0.3) is 0 Å². The predicted molar refractivity (Wildman–Crippen MR) is 98.0 cm³/mol. The van der Waals surface area contributed by atoms with E-state index < -0.39 is 10.0 Å². The molecule has 1 fully saturated rings. The molecule has 0 unspecified atom stereocenters. The van der Waals surface area contributed by atoms with Crippen molar-refractivity contribution < 1.29 is 8.42 Å². The van der Waals surface area contributed by atoms with Gasteiger partial charge in [0.05, 0.1) is 23.7 Å². The number of sulfonamides is 1. The van der Waals surface area contributed by atoms with Gasteiger partial charge in [-0.1, -0.05) is 42.0 Å². The number of nitrogens with zero attached hydrogens (tertiary/aromatic N) is 2. The van der Waals surface area contributed by atoms with Crippen LogP contribution in [0.2, 0.25) is 0 Å². The number of anilines is 2. The van der Waals surface area contributed by atoms with Gasteiger partial charge in [0.2, 0.25) is 10.0 Å². The quantitative estimate of drug-likeness (QED) is 0.856. The van der Waals surface area contributed by atoms with E-state index in [9.17, 15) is 8.42 Å². The number of fused-ring (bicyclic) bond motifs is 1. The molecule has 2 aromatic carbocycles. The molecule has 0 radical (unpaired) electrons. The summed E-state index contributed by atoms with van der Waals surface area (Å²) in [7, 11) is -3.39. The minimum Gasteiger partial charge on any atom is -0.365 e. The van der Waals surface area contributed by atoms with Gasteiger partial charge in [-0.15, -0.1) is 0 Å². The molecule has 1 aliphatic heterocycles. The molecule has 2 aromatic rings. The fourth-order valence-electron chi connectivity index (χ4n) is 3.50. The summed E-state index contributed by atoms with van der Waals surface area (Å²) in [5, 5.41) is 0. The third kappa shape index (κ3) is 2.88. The second kappa shape index (κ2) is 5.81. The van der Waals surface area contributed by atoms with Gasteiger partial charge in [0.15, 0.2) is 0 Å². The van der Waals surface area contributed by atoms with Crippen LogP contribution in [0.1, 0.15) is 24.0 Å². The lowest BCUT2D eigenvalue weighted by Crippen LogP contribution is -2.45. The Morgan fingerprint density at radius 3 is 2.46 bits per heavy atom. The Kier molecular flexibility index (Phi) is 3.76. The van der Waals surface area contributed by atoms with Gasteiger partial charge in [-0.05, 0) is 37.5 Å². The standard InChI is InChI=1S/C19H22N2O2S/c1-15-5-4-6-16(13-15)14-24(22,23)21-12-11-20(17-9-10-17)18-7-2-3-8-19(18)21/h2-8,13,17H,9-12,14H2,1H3. The van der Waals surface area contributed by atoms with Gasteiger partial charge in [-0.25, -0.2) is 8.42 Å². The van der Waals surface area contributed by atoms with Gasteiger partial charge >= 0.3 is 0 Å². The molecule has 0 N–H and O–H groups in total. The first-order chi connectivity index (χ1) is 11.5. The molecule has 2 aliphatic rings. The van der Waals surface area contributed by atoms with Crippen LogP contribution in [-0.4, -0.2) is 27.5 Å². The lowest BCUT2D eigenvalue weighted by Gasteiger charge is -2.38. The monoisotopic (exact) mass is 342 g/mol. The van der Waals surface area contributed by atoms with Crippen molar-refractivity contribution in [3.05, 3.63) is 59.7 Å². The molecular weight excluding hydrogens is 320 g/mol. The molecule has 0 saturated heterocycles.